The average molecular weight is 410 g/mol. The second-order valence-electron chi connectivity index (χ2n) is 6.75. The minimum absolute atomic E-state index is 0.227. The number of carbonyl (C=O) groups is 1. The summed E-state index contributed by atoms with van der Waals surface area (Å²) in [5.74, 6) is 1.64. The van der Waals surface area contributed by atoms with Crippen molar-refractivity contribution < 1.29 is 9.53 Å². The van der Waals surface area contributed by atoms with E-state index in [1.165, 1.54) is 0 Å². The molecule has 0 atom stereocenters. The fourth-order valence-corrected chi connectivity index (χ4v) is 4.31. The first-order chi connectivity index (χ1) is 14.8. The highest BCUT2D eigenvalue weighted by Crippen LogP contribution is 2.47. The second kappa shape index (κ2) is 7.97. The minimum atomic E-state index is -0.227. The van der Waals surface area contributed by atoms with Gasteiger partial charge in [-0.25, -0.2) is 4.79 Å². The number of carbonyl (C=O) groups excluding carboxylic acids is 1. The lowest BCUT2D eigenvalue weighted by Crippen LogP contribution is -2.30. The van der Waals surface area contributed by atoms with Gasteiger partial charge < -0.3 is 10.1 Å². The van der Waals surface area contributed by atoms with Crippen LogP contribution in [0.1, 0.15) is 0 Å². The number of anilines is 3. The molecule has 4 aromatic carbocycles. The van der Waals surface area contributed by atoms with E-state index in [0.29, 0.717) is 5.69 Å². The third-order valence-corrected chi connectivity index (χ3v) is 5.81. The van der Waals surface area contributed by atoms with Crippen molar-refractivity contribution in [2.75, 3.05) is 10.2 Å². The van der Waals surface area contributed by atoms with E-state index in [9.17, 15) is 4.79 Å². The van der Waals surface area contributed by atoms with E-state index in [2.05, 4.69) is 5.32 Å². The maximum absolute atomic E-state index is 13.3. The van der Waals surface area contributed by atoms with Gasteiger partial charge in [0.1, 0.15) is 11.5 Å². The first-order valence-electron chi connectivity index (χ1n) is 9.58. The van der Waals surface area contributed by atoms with Gasteiger partial charge in [0.05, 0.1) is 21.2 Å². The number of rotatable bonds is 3. The Balaban J connectivity index is 1.43. The molecule has 1 N–H and O–H groups in total. The summed E-state index contributed by atoms with van der Waals surface area (Å²) in [7, 11) is 0. The van der Waals surface area contributed by atoms with Gasteiger partial charge in [-0.15, -0.1) is 0 Å². The molecule has 0 unspecified atom stereocenters. The zero-order valence-electron chi connectivity index (χ0n) is 16.0. The molecule has 0 bridgehead atoms. The van der Waals surface area contributed by atoms with Gasteiger partial charge in [0.25, 0.3) is 0 Å². The molecule has 5 rings (SSSR count). The highest BCUT2D eigenvalue weighted by molar-refractivity contribution is 7.99. The largest absolute Gasteiger partial charge is 0.455 e. The van der Waals surface area contributed by atoms with Gasteiger partial charge >= 0.3 is 6.03 Å². The Kier molecular flexibility index (Phi) is 4.87. The monoisotopic (exact) mass is 410 g/mol. The molecule has 1 aliphatic rings. The van der Waals surface area contributed by atoms with Gasteiger partial charge in [-0.05, 0) is 54.6 Å². The lowest BCUT2D eigenvalue weighted by molar-refractivity contribution is 0.259. The number of urea groups is 1. The molecule has 0 aromatic heterocycles. The number of amides is 2. The summed E-state index contributed by atoms with van der Waals surface area (Å²) in [5, 5.41) is 3.03. The van der Waals surface area contributed by atoms with Gasteiger partial charge in [-0.1, -0.05) is 60.3 Å². The number of hydrogen-bond donors (Lipinski definition) is 1. The molecule has 0 spiro atoms. The summed E-state index contributed by atoms with van der Waals surface area (Å²) in [6, 6.07) is 32.6. The molecule has 5 heteroatoms. The first-order valence-corrected chi connectivity index (χ1v) is 10.4. The van der Waals surface area contributed by atoms with Crippen LogP contribution in [0.4, 0.5) is 21.9 Å². The summed E-state index contributed by atoms with van der Waals surface area (Å²) in [4.78, 5) is 17.0. The highest BCUT2D eigenvalue weighted by Gasteiger charge is 2.21. The van der Waals surface area contributed by atoms with Gasteiger partial charge in [0, 0.05) is 5.69 Å². The fraction of sp³-hybridized carbons (Fsp3) is 0. The molecule has 0 aliphatic carbocycles. The Hall–Kier alpha value is -3.70. The number of nitrogens with one attached hydrogen (secondary N) is 1. The number of fused-ring (bicyclic) bond motifs is 2. The van der Waals surface area contributed by atoms with E-state index in [1.807, 2.05) is 103 Å². The Bertz CT molecular complexity index is 1160. The zero-order valence-corrected chi connectivity index (χ0v) is 16.8. The molecule has 146 valence electrons. The normalized spacial score (nSPS) is 11.6. The molecule has 4 nitrogen and oxygen atoms in total. The summed E-state index contributed by atoms with van der Waals surface area (Å²) in [6.07, 6.45) is 0. The molecule has 4 aromatic rings. The summed E-state index contributed by atoms with van der Waals surface area (Å²) < 4.78 is 5.98. The van der Waals surface area contributed by atoms with Crippen molar-refractivity contribution in [3.8, 4) is 11.5 Å². The number of hydrogen-bond acceptors (Lipinski definition) is 3. The van der Waals surface area contributed by atoms with Crippen LogP contribution in [0.25, 0.3) is 0 Å². The Morgan fingerprint density at radius 1 is 0.700 bits per heavy atom. The Morgan fingerprint density at radius 2 is 1.30 bits per heavy atom. The standard InChI is InChI=1S/C25H18N2O2S/c28-25(27(19-9-3-1-4-10-19)20-11-5-2-6-12-20)26-18-15-16-22-24(17-18)30-23-14-8-7-13-21(23)29-22/h1-17H,(H,26,28). The fourth-order valence-electron chi connectivity index (χ4n) is 3.32. The number of ether oxygens (including phenoxy) is 1. The maximum atomic E-state index is 13.3. The van der Waals surface area contributed by atoms with Gasteiger partial charge in [-0.2, -0.15) is 0 Å². The maximum Gasteiger partial charge on any atom is 0.330 e. The molecule has 0 saturated heterocycles. The Morgan fingerprint density at radius 3 is 2.00 bits per heavy atom. The van der Waals surface area contributed by atoms with Crippen molar-refractivity contribution >= 4 is 34.9 Å². The van der Waals surface area contributed by atoms with Crippen LogP contribution < -0.4 is 15.0 Å². The summed E-state index contributed by atoms with van der Waals surface area (Å²) >= 11 is 1.64. The highest BCUT2D eigenvalue weighted by atomic mass is 32.2. The third-order valence-electron chi connectivity index (χ3n) is 4.72. The summed E-state index contributed by atoms with van der Waals surface area (Å²) in [5.41, 5.74) is 2.31. The SMILES string of the molecule is O=C(Nc1ccc2c(c1)Sc1ccccc1O2)N(c1ccccc1)c1ccccc1. The van der Waals surface area contributed by atoms with Crippen LogP contribution in [-0.4, -0.2) is 6.03 Å². The Labute approximate surface area is 179 Å². The van der Waals surface area contributed by atoms with Crippen LogP contribution in [0.15, 0.2) is 113 Å². The van der Waals surface area contributed by atoms with E-state index in [4.69, 9.17) is 4.74 Å². The van der Waals surface area contributed by atoms with Crippen molar-refractivity contribution in [2.45, 2.75) is 9.79 Å². The van der Waals surface area contributed by atoms with E-state index in [0.717, 1.165) is 32.7 Å². The van der Waals surface area contributed by atoms with Crippen LogP contribution in [0.3, 0.4) is 0 Å². The molecule has 1 heterocycles. The molecule has 0 radical (unpaired) electrons. The third kappa shape index (κ3) is 3.63. The zero-order chi connectivity index (χ0) is 20.3. The predicted octanol–water partition coefficient (Wildman–Crippen LogP) is 7.31. The van der Waals surface area contributed by atoms with E-state index in [1.54, 1.807) is 16.7 Å². The van der Waals surface area contributed by atoms with Crippen LogP contribution in [0, 0.1) is 0 Å². The van der Waals surface area contributed by atoms with Crippen molar-refractivity contribution in [3.63, 3.8) is 0 Å². The van der Waals surface area contributed by atoms with Crippen LogP contribution in [0.2, 0.25) is 0 Å². The molecule has 0 fully saturated rings. The van der Waals surface area contributed by atoms with Crippen molar-refractivity contribution in [1.29, 1.82) is 0 Å². The van der Waals surface area contributed by atoms with Crippen LogP contribution in [0.5, 0.6) is 11.5 Å². The molecule has 0 saturated carbocycles. The van der Waals surface area contributed by atoms with E-state index >= 15 is 0 Å². The summed E-state index contributed by atoms with van der Waals surface area (Å²) in [6.45, 7) is 0. The van der Waals surface area contributed by atoms with Gasteiger partial charge in [-0.3, -0.25) is 4.90 Å². The lowest BCUT2D eigenvalue weighted by Gasteiger charge is -2.24. The average Bonchev–Trinajstić information content (AvgIpc) is 2.79. The molecular weight excluding hydrogens is 392 g/mol. The molecule has 30 heavy (non-hydrogen) atoms. The number of benzene rings is 4. The predicted molar refractivity (Wildman–Crippen MR) is 121 cm³/mol. The topological polar surface area (TPSA) is 41.6 Å². The first kappa shape index (κ1) is 18.3. The number of nitrogens with zero attached hydrogens (tertiary/aromatic N) is 1. The van der Waals surface area contributed by atoms with E-state index < -0.39 is 0 Å². The van der Waals surface area contributed by atoms with Gasteiger partial charge in [0.15, 0.2) is 0 Å². The molecular formula is C25H18N2O2S. The van der Waals surface area contributed by atoms with Crippen LogP contribution in [-0.2, 0) is 0 Å². The van der Waals surface area contributed by atoms with Crippen molar-refractivity contribution in [2.24, 2.45) is 0 Å². The lowest BCUT2D eigenvalue weighted by atomic mass is 10.2. The minimum Gasteiger partial charge on any atom is -0.455 e. The molecule has 2 amide bonds. The van der Waals surface area contributed by atoms with Gasteiger partial charge in [0.2, 0.25) is 0 Å². The second-order valence-corrected chi connectivity index (χ2v) is 7.83. The van der Waals surface area contributed by atoms with Crippen molar-refractivity contribution in [1.82, 2.24) is 0 Å². The quantitative estimate of drug-likeness (QED) is 0.339. The smallest absolute Gasteiger partial charge is 0.330 e. The number of para-hydroxylation sites is 3. The molecule has 1 aliphatic heterocycles. The van der Waals surface area contributed by atoms with Crippen molar-refractivity contribution in [3.05, 3.63) is 103 Å². The van der Waals surface area contributed by atoms with E-state index in [-0.39, 0.29) is 6.03 Å². The van der Waals surface area contributed by atoms with Crippen LogP contribution >= 0.6 is 11.8 Å².